The van der Waals surface area contributed by atoms with E-state index in [9.17, 15) is 0 Å². The Hall–Kier alpha value is -0.900. The van der Waals surface area contributed by atoms with Crippen molar-refractivity contribution in [2.45, 2.75) is 6.92 Å². The number of alkyl halides is 1. The molecule has 0 aliphatic heterocycles. The highest BCUT2D eigenvalue weighted by Crippen LogP contribution is 2.36. The van der Waals surface area contributed by atoms with Crippen LogP contribution in [0.15, 0.2) is 12.1 Å². The van der Waals surface area contributed by atoms with Crippen molar-refractivity contribution >= 4 is 21.6 Å². The molecule has 0 aromatic heterocycles. The van der Waals surface area contributed by atoms with Crippen LogP contribution in [0, 0.1) is 6.92 Å². The van der Waals surface area contributed by atoms with E-state index in [0.717, 1.165) is 28.2 Å². The Labute approximate surface area is 99.1 Å². The first-order chi connectivity index (χ1) is 7.15. The zero-order chi connectivity index (χ0) is 11.4. The molecular weight excluding hydrogens is 258 g/mol. The Balaban J connectivity index is 3.24. The van der Waals surface area contributed by atoms with Crippen molar-refractivity contribution in [3.8, 4) is 11.5 Å². The van der Waals surface area contributed by atoms with Crippen molar-refractivity contribution in [1.82, 2.24) is 0 Å². The fourth-order valence-electron chi connectivity index (χ4n) is 1.50. The van der Waals surface area contributed by atoms with E-state index in [1.165, 1.54) is 0 Å². The van der Waals surface area contributed by atoms with Crippen LogP contribution < -0.4 is 14.4 Å². The third-order valence-corrected chi connectivity index (χ3v) is 3.10. The van der Waals surface area contributed by atoms with Crippen LogP contribution in [0.2, 0.25) is 0 Å². The molecule has 15 heavy (non-hydrogen) atoms. The quantitative estimate of drug-likeness (QED) is 0.622. The van der Waals surface area contributed by atoms with Crippen LogP contribution in [0.4, 0.5) is 5.69 Å². The van der Waals surface area contributed by atoms with E-state index in [0.29, 0.717) is 0 Å². The molecule has 0 heterocycles. The lowest BCUT2D eigenvalue weighted by Gasteiger charge is -2.21. The lowest BCUT2D eigenvalue weighted by Crippen LogP contribution is -2.15. The molecule has 0 amide bonds. The van der Waals surface area contributed by atoms with Crippen molar-refractivity contribution in [3.05, 3.63) is 17.7 Å². The molecule has 1 rings (SSSR count). The van der Waals surface area contributed by atoms with Gasteiger partial charge in [-0.25, -0.2) is 0 Å². The minimum atomic E-state index is 0.759. The molecule has 1 aromatic carbocycles. The SMILES string of the molecule is COc1ccc(N(C)CBr)c(OC)c1C. The van der Waals surface area contributed by atoms with Crippen molar-refractivity contribution < 1.29 is 9.47 Å². The smallest absolute Gasteiger partial charge is 0.148 e. The molecule has 0 spiro atoms. The fraction of sp³-hybridized carbons (Fsp3) is 0.455. The van der Waals surface area contributed by atoms with Crippen LogP contribution in [0.3, 0.4) is 0 Å². The highest BCUT2D eigenvalue weighted by molar-refractivity contribution is 9.09. The molecule has 0 aliphatic carbocycles. The van der Waals surface area contributed by atoms with Crippen molar-refractivity contribution in [3.63, 3.8) is 0 Å². The largest absolute Gasteiger partial charge is 0.496 e. The standard InChI is InChI=1S/C11H16BrNO2/c1-8-10(14-3)6-5-9(11(8)15-4)13(2)7-12/h5-6H,7H2,1-4H3. The molecular formula is C11H16BrNO2. The summed E-state index contributed by atoms with van der Waals surface area (Å²) in [5.41, 5.74) is 2.83. The fourth-order valence-corrected chi connectivity index (χ4v) is 1.77. The normalized spacial score (nSPS) is 9.93. The first-order valence-corrected chi connectivity index (χ1v) is 5.76. The van der Waals surface area contributed by atoms with Gasteiger partial charge in [-0.1, -0.05) is 15.9 Å². The maximum atomic E-state index is 5.40. The molecule has 84 valence electrons. The Bertz CT molecular complexity index is 342. The number of benzene rings is 1. The summed E-state index contributed by atoms with van der Waals surface area (Å²) in [6, 6.07) is 3.94. The van der Waals surface area contributed by atoms with Gasteiger partial charge in [-0.3, -0.25) is 0 Å². The molecule has 0 unspecified atom stereocenters. The van der Waals surface area contributed by atoms with Gasteiger partial charge in [-0.2, -0.15) is 0 Å². The average molecular weight is 274 g/mol. The number of hydrogen-bond acceptors (Lipinski definition) is 3. The van der Waals surface area contributed by atoms with E-state index in [2.05, 4.69) is 20.8 Å². The van der Waals surface area contributed by atoms with Gasteiger partial charge in [0.05, 0.1) is 25.4 Å². The molecule has 4 heteroatoms. The third kappa shape index (κ3) is 2.37. The van der Waals surface area contributed by atoms with Crippen LogP contribution >= 0.6 is 15.9 Å². The molecule has 0 bridgehead atoms. The molecule has 0 fully saturated rings. The summed E-state index contributed by atoms with van der Waals surface area (Å²) in [6.45, 7) is 1.99. The number of halogens is 1. The summed E-state index contributed by atoms with van der Waals surface area (Å²) in [5, 5.41) is 0. The first kappa shape index (κ1) is 12.2. The highest BCUT2D eigenvalue weighted by Gasteiger charge is 2.13. The Morgan fingerprint density at radius 2 is 1.93 bits per heavy atom. The molecule has 0 atom stereocenters. The lowest BCUT2D eigenvalue weighted by molar-refractivity contribution is 0.389. The van der Waals surface area contributed by atoms with Gasteiger partial charge in [-0.05, 0) is 19.1 Å². The van der Waals surface area contributed by atoms with Gasteiger partial charge in [-0.15, -0.1) is 0 Å². The van der Waals surface area contributed by atoms with Crippen LogP contribution in [-0.2, 0) is 0 Å². The number of rotatable bonds is 4. The molecule has 1 aromatic rings. The molecule has 0 radical (unpaired) electrons. The van der Waals surface area contributed by atoms with Gasteiger partial charge in [0.25, 0.3) is 0 Å². The number of nitrogens with zero attached hydrogens (tertiary/aromatic N) is 1. The van der Waals surface area contributed by atoms with E-state index >= 15 is 0 Å². The lowest BCUT2D eigenvalue weighted by atomic mass is 10.1. The zero-order valence-corrected chi connectivity index (χ0v) is 11.1. The first-order valence-electron chi connectivity index (χ1n) is 4.64. The Morgan fingerprint density at radius 1 is 1.27 bits per heavy atom. The van der Waals surface area contributed by atoms with E-state index in [1.54, 1.807) is 14.2 Å². The summed E-state index contributed by atoms with van der Waals surface area (Å²) in [6.07, 6.45) is 0. The van der Waals surface area contributed by atoms with Gasteiger partial charge in [0, 0.05) is 12.6 Å². The second-order valence-corrected chi connectivity index (χ2v) is 3.76. The minimum Gasteiger partial charge on any atom is -0.496 e. The summed E-state index contributed by atoms with van der Waals surface area (Å²) >= 11 is 3.41. The highest BCUT2D eigenvalue weighted by atomic mass is 79.9. The van der Waals surface area contributed by atoms with E-state index in [1.807, 2.05) is 26.1 Å². The monoisotopic (exact) mass is 273 g/mol. The molecule has 0 aliphatic rings. The zero-order valence-electron chi connectivity index (χ0n) is 9.50. The Morgan fingerprint density at radius 3 is 2.40 bits per heavy atom. The van der Waals surface area contributed by atoms with Gasteiger partial charge in [0.1, 0.15) is 11.5 Å². The summed E-state index contributed by atoms with van der Waals surface area (Å²) in [4.78, 5) is 2.06. The summed E-state index contributed by atoms with van der Waals surface area (Å²) in [5.74, 6) is 1.70. The topological polar surface area (TPSA) is 21.7 Å². The second kappa shape index (κ2) is 5.26. The predicted octanol–water partition coefficient (Wildman–Crippen LogP) is 2.80. The maximum Gasteiger partial charge on any atom is 0.148 e. The van der Waals surface area contributed by atoms with Crippen molar-refractivity contribution in [1.29, 1.82) is 0 Å². The summed E-state index contributed by atoms with van der Waals surface area (Å²) in [7, 11) is 5.33. The van der Waals surface area contributed by atoms with Gasteiger partial charge >= 0.3 is 0 Å². The van der Waals surface area contributed by atoms with Crippen LogP contribution in [0.5, 0.6) is 11.5 Å². The summed E-state index contributed by atoms with van der Waals surface area (Å²) < 4.78 is 10.6. The maximum absolute atomic E-state index is 5.40. The van der Waals surface area contributed by atoms with Crippen molar-refractivity contribution in [2.75, 3.05) is 31.6 Å². The van der Waals surface area contributed by atoms with Crippen molar-refractivity contribution in [2.24, 2.45) is 0 Å². The van der Waals surface area contributed by atoms with Crippen LogP contribution in [-0.4, -0.2) is 26.7 Å². The number of ether oxygens (including phenoxy) is 2. The predicted molar refractivity (Wildman–Crippen MR) is 66.5 cm³/mol. The van der Waals surface area contributed by atoms with Gasteiger partial charge < -0.3 is 14.4 Å². The van der Waals surface area contributed by atoms with Crippen LogP contribution in [0.1, 0.15) is 5.56 Å². The molecule has 3 nitrogen and oxygen atoms in total. The third-order valence-electron chi connectivity index (χ3n) is 2.35. The van der Waals surface area contributed by atoms with Crippen LogP contribution in [0.25, 0.3) is 0 Å². The number of hydrogen-bond donors (Lipinski definition) is 0. The number of methoxy groups -OCH3 is 2. The van der Waals surface area contributed by atoms with E-state index in [4.69, 9.17) is 9.47 Å². The molecule has 0 N–H and O–H groups in total. The Kier molecular flexibility index (Phi) is 4.27. The minimum absolute atomic E-state index is 0.759. The second-order valence-electron chi connectivity index (χ2n) is 3.26. The van der Waals surface area contributed by atoms with Gasteiger partial charge in [0.2, 0.25) is 0 Å². The molecule has 0 saturated heterocycles. The number of anilines is 1. The van der Waals surface area contributed by atoms with E-state index < -0.39 is 0 Å². The molecule has 0 saturated carbocycles. The van der Waals surface area contributed by atoms with Gasteiger partial charge in [0.15, 0.2) is 0 Å². The average Bonchev–Trinajstić information content (AvgIpc) is 2.27. The van der Waals surface area contributed by atoms with E-state index in [-0.39, 0.29) is 0 Å².